The first-order chi connectivity index (χ1) is 9.00. The van der Waals surface area contributed by atoms with Gasteiger partial charge in [0.25, 0.3) is 0 Å². The van der Waals surface area contributed by atoms with Crippen molar-refractivity contribution in [1.82, 2.24) is 10.2 Å². The summed E-state index contributed by atoms with van der Waals surface area (Å²) in [4.78, 5) is 2.15. The minimum Gasteiger partial charge on any atom is -0.319 e. The van der Waals surface area contributed by atoms with Gasteiger partial charge in [-0.25, -0.2) is 4.39 Å². The third-order valence-electron chi connectivity index (χ3n) is 4.23. The van der Waals surface area contributed by atoms with Crippen LogP contribution in [0.15, 0.2) is 22.7 Å². The first-order valence-electron chi connectivity index (χ1n) is 6.76. The molecule has 19 heavy (non-hydrogen) atoms. The fraction of sp³-hybridized carbons (Fsp3) is 0.600. The molecule has 1 aliphatic rings. The van der Waals surface area contributed by atoms with E-state index in [1.807, 2.05) is 27.2 Å². The van der Waals surface area contributed by atoms with Gasteiger partial charge >= 0.3 is 0 Å². The van der Waals surface area contributed by atoms with Gasteiger partial charge < -0.3 is 10.2 Å². The Hall–Kier alpha value is -0.450. The third kappa shape index (κ3) is 2.86. The van der Waals surface area contributed by atoms with E-state index in [1.54, 1.807) is 12.1 Å². The summed E-state index contributed by atoms with van der Waals surface area (Å²) in [6.07, 6.45) is 3.55. The van der Waals surface area contributed by atoms with E-state index in [9.17, 15) is 4.39 Å². The standard InChI is InChI=1S/C15H22BrFN2/c1-18-10-15(7-4-8-15)14(19(2)3)12-9-11(16)5-6-13(12)17/h5-6,9,14,18H,4,7-8,10H2,1-3H3. The Morgan fingerprint density at radius 1 is 1.42 bits per heavy atom. The summed E-state index contributed by atoms with van der Waals surface area (Å²) in [6.45, 7) is 0.932. The zero-order valence-electron chi connectivity index (χ0n) is 11.8. The summed E-state index contributed by atoms with van der Waals surface area (Å²) in [5, 5.41) is 3.29. The fourth-order valence-electron chi connectivity index (χ4n) is 3.41. The fourth-order valence-corrected chi connectivity index (χ4v) is 3.79. The van der Waals surface area contributed by atoms with Crippen LogP contribution in [-0.4, -0.2) is 32.6 Å². The third-order valence-corrected chi connectivity index (χ3v) is 4.72. The molecule has 1 aromatic rings. The van der Waals surface area contributed by atoms with Crippen LogP contribution >= 0.6 is 15.9 Å². The van der Waals surface area contributed by atoms with Crippen LogP contribution in [0.3, 0.4) is 0 Å². The predicted molar refractivity (Wildman–Crippen MR) is 80.7 cm³/mol. The first kappa shape index (κ1) is 14.9. The molecule has 1 N–H and O–H groups in total. The van der Waals surface area contributed by atoms with Gasteiger partial charge in [0.15, 0.2) is 0 Å². The molecule has 4 heteroatoms. The highest BCUT2D eigenvalue weighted by Gasteiger charge is 2.46. The highest BCUT2D eigenvalue weighted by Crippen LogP contribution is 2.52. The molecule has 0 aromatic heterocycles. The number of rotatable bonds is 5. The lowest BCUT2D eigenvalue weighted by Crippen LogP contribution is -2.48. The highest BCUT2D eigenvalue weighted by molar-refractivity contribution is 9.10. The molecule has 0 amide bonds. The number of halogens is 2. The lowest BCUT2D eigenvalue weighted by molar-refractivity contribution is 0.0196. The van der Waals surface area contributed by atoms with Crippen molar-refractivity contribution in [3.05, 3.63) is 34.1 Å². The molecule has 0 bridgehead atoms. The van der Waals surface area contributed by atoms with Crippen LogP contribution in [0.4, 0.5) is 4.39 Å². The molecule has 0 aliphatic heterocycles. The Morgan fingerprint density at radius 2 is 2.11 bits per heavy atom. The van der Waals surface area contributed by atoms with Crippen LogP contribution in [0.5, 0.6) is 0 Å². The lowest BCUT2D eigenvalue weighted by atomic mass is 9.62. The molecule has 2 nitrogen and oxygen atoms in total. The van der Waals surface area contributed by atoms with Gasteiger partial charge in [-0.3, -0.25) is 0 Å². The van der Waals surface area contributed by atoms with Crippen LogP contribution in [-0.2, 0) is 0 Å². The minimum absolute atomic E-state index is 0.107. The van der Waals surface area contributed by atoms with Crippen molar-refractivity contribution < 1.29 is 4.39 Å². The number of hydrogen-bond acceptors (Lipinski definition) is 2. The SMILES string of the molecule is CNCC1(C(c2cc(Br)ccc2F)N(C)C)CCC1. The summed E-state index contributed by atoms with van der Waals surface area (Å²) in [7, 11) is 6.06. The van der Waals surface area contributed by atoms with Crippen LogP contribution in [0.1, 0.15) is 30.9 Å². The van der Waals surface area contributed by atoms with E-state index in [2.05, 4.69) is 26.1 Å². The van der Waals surface area contributed by atoms with Gasteiger partial charge in [-0.15, -0.1) is 0 Å². The summed E-state index contributed by atoms with van der Waals surface area (Å²) >= 11 is 3.46. The quantitative estimate of drug-likeness (QED) is 0.888. The molecule has 1 saturated carbocycles. The molecule has 0 heterocycles. The van der Waals surface area contributed by atoms with E-state index in [1.165, 1.54) is 6.42 Å². The average molecular weight is 329 g/mol. The second-order valence-electron chi connectivity index (χ2n) is 5.78. The van der Waals surface area contributed by atoms with Crippen molar-refractivity contribution in [2.45, 2.75) is 25.3 Å². The maximum Gasteiger partial charge on any atom is 0.128 e. The molecule has 2 rings (SSSR count). The number of nitrogens with zero attached hydrogens (tertiary/aromatic N) is 1. The normalized spacial score (nSPS) is 19.3. The molecule has 1 aliphatic carbocycles. The van der Waals surface area contributed by atoms with E-state index in [-0.39, 0.29) is 17.3 Å². The van der Waals surface area contributed by atoms with E-state index < -0.39 is 0 Å². The van der Waals surface area contributed by atoms with Crippen molar-refractivity contribution >= 4 is 15.9 Å². The van der Waals surface area contributed by atoms with Gasteiger partial charge in [-0.1, -0.05) is 22.4 Å². The number of hydrogen-bond donors (Lipinski definition) is 1. The monoisotopic (exact) mass is 328 g/mol. The molecule has 0 radical (unpaired) electrons. The van der Waals surface area contributed by atoms with Crippen molar-refractivity contribution in [2.75, 3.05) is 27.7 Å². The Labute approximate surface area is 123 Å². The van der Waals surface area contributed by atoms with Gasteiger partial charge in [-0.2, -0.15) is 0 Å². The summed E-state index contributed by atoms with van der Waals surface area (Å²) in [5.41, 5.74) is 0.953. The van der Waals surface area contributed by atoms with Crippen molar-refractivity contribution in [1.29, 1.82) is 0 Å². The molecule has 1 fully saturated rings. The number of benzene rings is 1. The molecule has 106 valence electrons. The minimum atomic E-state index is -0.107. The van der Waals surface area contributed by atoms with Crippen LogP contribution in [0.25, 0.3) is 0 Å². The van der Waals surface area contributed by atoms with E-state index in [0.717, 1.165) is 29.4 Å². The van der Waals surface area contributed by atoms with E-state index in [0.29, 0.717) is 0 Å². The zero-order valence-corrected chi connectivity index (χ0v) is 13.4. The maximum absolute atomic E-state index is 14.2. The maximum atomic E-state index is 14.2. The Balaban J connectivity index is 2.42. The molecule has 0 spiro atoms. The lowest BCUT2D eigenvalue weighted by Gasteiger charge is -2.50. The predicted octanol–water partition coefficient (Wildman–Crippen LogP) is 3.58. The molecular weight excluding hydrogens is 307 g/mol. The first-order valence-corrected chi connectivity index (χ1v) is 7.55. The molecular formula is C15H22BrFN2. The second-order valence-corrected chi connectivity index (χ2v) is 6.69. The Kier molecular flexibility index (Phi) is 4.64. The Bertz CT molecular complexity index is 444. The zero-order chi connectivity index (χ0) is 14.0. The summed E-state index contributed by atoms with van der Waals surface area (Å²) < 4.78 is 15.2. The highest BCUT2D eigenvalue weighted by atomic mass is 79.9. The van der Waals surface area contributed by atoms with Crippen molar-refractivity contribution in [3.8, 4) is 0 Å². The van der Waals surface area contributed by atoms with Gasteiger partial charge in [0.2, 0.25) is 0 Å². The van der Waals surface area contributed by atoms with Crippen LogP contribution in [0.2, 0.25) is 0 Å². The largest absolute Gasteiger partial charge is 0.319 e. The number of nitrogens with one attached hydrogen (secondary N) is 1. The van der Waals surface area contributed by atoms with Crippen molar-refractivity contribution in [3.63, 3.8) is 0 Å². The topological polar surface area (TPSA) is 15.3 Å². The van der Waals surface area contributed by atoms with Crippen molar-refractivity contribution in [2.24, 2.45) is 5.41 Å². The smallest absolute Gasteiger partial charge is 0.128 e. The molecule has 1 atom stereocenters. The van der Waals surface area contributed by atoms with Gasteiger partial charge in [0.05, 0.1) is 0 Å². The second kappa shape index (κ2) is 5.90. The molecule has 1 aromatic carbocycles. The van der Waals surface area contributed by atoms with Gasteiger partial charge in [0, 0.05) is 28.0 Å². The van der Waals surface area contributed by atoms with Crippen LogP contribution in [0, 0.1) is 11.2 Å². The van der Waals surface area contributed by atoms with Gasteiger partial charge in [0.1, 0.15) is 5.82 Å². The molecule has 0 saturated heterocycles. The van der Waals surface area contributed by atoms with Gasteiger partial charge in [-0.05, 0) is 52.2 Å². The average Bonchev–Trinajstić information content (AvgIpc) is 2.30. The van der Waals surface area contributed by atoms with E-state index >= 15 is 0 Å². The summed E-state index contributed by atoms with van der Waals surface area (Å²) in [5.74, 6) is -0.107. The van der Waals surface area contributed by atoms with E-state index in [4.69, 9.17) is 0 Å². The molecule has 1 unspecified atom stereocenters. The van der Waals surface area contributed by atoms with Crippen LogP contribution < -0.4 is 5.32 Å². The summed E-state index contributed by atoms with van der Waals surface area (Å²) in [6, 6.07) is 5.36. The Morgan fingerprint density at radius 3 is 2.58 bits per heavy atom.